The Labute approximate surface area is 235 Å². The van der Waals surface area contributed by atoms with E-state index in [2.05, 4.69) is 45.2 Å². The molecule has 2 fully saturated rings. The molecule has 230 valence electrons. The highest BCUT2D eigenvalue weighted by Gasteiger charge is 2.38. The fraction of sp³-hybridized carbons (Fsp3) is 0.480. The van der Waals surface area contributed by atoms with E-state index in [1.165, 1.54) is 5.69 Å². The van der Waals surface area contributed by atoms with E-state index in [0.717, 1.165) is 75.9 Å². The van der Waals surface area contributed by atoms with E-state index in [9.17, 15) is 26.3 Å². The van der Waals surface area contributed by atoms with Gasteiger partial charge in [-0.15, -0.1) is 0 Å². The molecule has 42 heavy (non-hydrogen) atoms. The van der Waals surface area contributed by atoms with Crippen molar-refractivity contribution in [3.8, 4) is 0 Å². The number of fused-ring (bicyclic) bond motifs is 1. The summed E-state index contributed by atoms with van der Waals surface area (Å²) < 4.78 is 70.9. The maximum atomic E-state index is 10.6. The highest BCUT2D eigenvalue weighted by Crippen LogP contribution is 2.27. The second-order valence-corrected chi connectivity index (χ2v) is 9.24. The van der Waals surface area contributed by atoms with Crippen molar-refractivity contribution < 1.29 is 50.9 Å². The molecule has 0 spiro atoms. The van der Waals surface area contributed by atoms with Crippen molar-refractivity contribution in [3.63, 3.8) is 0 Å². The molecule has 2 aliphatic rings. The average Bonchev–Trinajstić information content (AvgIpc) is 3.38. The Morgan fingerprint density at radius 2 is 1.50 bits per heavy atom. The third kappa shape index (κ3) is 9.83. The number of carbonyl (C=O) groups is 2. The van der Waals surface area contributed by atoms with Gasteiger partial charge in [-0.25, -0.2) is 19.1 Å². The SMILES string of the molecule is O=C(O)C(F)(F)F.O=C(O)C(F)(F)F.c1ccc(CN2CCC(c3nc4ccc(N5CCOCC5)cn4n3)CC2)nc1. The van der Waals surface area contributed by atoms with Crippen LogP contribution < -0.4 is 4.90 Å². The summed E-state index contributed by atoms with van der Waals surface area (Å²) in [6.45, 7) is 6.50. The van der Waals surface area contributed by atoms with E-state index < -0.39 is 24.3 Å². The van der Waals surface area contributed by atoms with Gasteiger partial charge in [0.2, 0.25) is 0 Å². The highest BCUT2D eigenvalue weighted by molar-refractivity contribution is 5.73. The standard InChI is InChI=1S/C21H26N6O.2C2HF3O2/c1-2-8-22-18(3-1)15-25-9-6-17(7-10-25)21-23-20-5-4-19(16-27(20)24-21)26-11-13-28-14-12-26;2*3-2(4,5)1(6)7/h1-5,8,16-17H,6-7,9-15H2;2*(H,6,7). The molecule has 0 saturated carbocycles. The molecule has 5 rings (SSSR count). The Kier molecular flexibility index (Phi) is 11.0. The predicted octanol–water partition coefficient (Wildman–Crippen LogP) is 3.61. The summed E-state index contributed by atoms with van der Waals surface area (Å²) in [5, 5.41) is 19.1. The van der Waals surface area contributed by atoms with E-state index in [4.69, 9.17) is 34.6 Å². The van der Waals surface area contributed by atoms with E-state index in [0.29, 0.717) is 5.92 Å². The molecule has 3 aromatic rings. The zero-order valence-corrected chi connectivity index (χ0v) is 22.1. The predicted molar refractivity (Wildman–Crippen MR) is 135 cm³/mol. The number of halogens is 6. The van der Waals surface area contributed by atoms with Crippen molar-refractivity contribution in [2.45, 2.75) is 37.7 Å². The van der Waals surface area contributed by atoms with Crippen molar-refractivity contribution in [3.05, 3.63) is 54.2 Å². The van der Waals surface area contributed by atoms with Crippen LogP contribution in [-0.4, -0.2) is 98.4 Å². The maximum Gasteiger partial charge on any atom is 0.490 e. The number of ether oxygens (including phenoxy) is 1. The number of carboxylic acid groups (broad SMARTS) is 2. The van der Waals surface area contributed by atoms with Gasteiger partial charge < -0.3 is 19.8 Å². The number of carboxylic acids is 2. The lowest BCUT2D eigenvalue weighted by molar-refractivity contribution is -0.193. The van der Waals surface area contributed by atoms with Gasteiger partial charge in [-0.05, 0) is 50.2 Å². The number of aromatic nitrogens is 4. The van der Waals surface area contributed by atoms with Gasteiger partial charge in [-0.2, -0.15) is 31.4 Å². The maximum absolute atomic E-state index is 10.6. The third-order valence-corrected chi connectivity index (χ3v) is 6.26. The van der Waals surface area contributed by atoms with Crippen LogP contribution in [-0.2, 0) is 20.9 Å². The first-order chi connectivity index (χ1) is 19.7. The minimum Gasteiger partial charge on any atom is -0.475 e. The van der Waals surface area contributed by atoms with Crippen LogP contribution in [0.15, 0.2) is 42.7 Å². The number of morpholine rings is 1. The second-order valence-electron chi connectivity index (χ2n) is 9.24. The zero-order valence-electron chi connectivity index (χ0n) is 22.1. The molecule has 11 nitrogen and oxygen atoms in total. The van der Waals surface area contributed by atoms with Crippen LogP contribution in [0.1, 0.15) is 30.3 Å². The summed E-state index contributed by atoms with van der Waals surface area (Å²) in [5.41, 5.74) is 3.27. The molecule has 2 aliphatic heterocycles. The molecule has 0 atom stereocenters. The smallest absolute Gasteiger partial charge is 0.475 e. The molecule has 5 heterocycles. The fourth-order valence-electron chi connectivity index (χ4n) is 4.14. The van der Waals surface area contributed by atoms with Crippen molar-refractivity contribution in [2.75, 3.05) is 44.3 Å². The van der Waals surface area contributed by atoms with Crippen LogP contribution in [0.4, 0.5) is 32.0 Å². The van der Waals surface area contributed by atoms with Crippen molar-refractivity contribution in [1.29, 1.82) is 0 Å². The van der Waals surface area contributed by atoms with Crippen LogP contribution >= 0.6 is 0 Å². The first-order valence-corrected chi connectivity index (χ1v) is 12.7. The summed E-state index contributed by atoms with van der Waals surface area (Å²) in [5.74, 6) is -4.09. The van der Waals surface area contributed by atoms with Crippen molar-refractivity contribution in [1.82, 2.24) is 24.5 Å². The van der Waals surface area contributed by atoms with Crippen molar-refractivity contribution in [2.24, 2.45) is 0 Å². The molecule has 0 aliphatic carbocycles. The summed E-state index contributed by atoms with van der Waals surface area (Å²) in [6.07, 6.45) is -4.00. The van der Waals surface area contributed by atoms with E-state index in [1.807, 2.05) is 16.8 Å². The largest absolute Gasteiger partial charge is 0.490 e. The monoisotopic (exact) mass is 606 g/mol. The second kappa shape index (κ2) is 14.3. The number of anilines is 1. The number of aliphatic carboxylic acids is 2. The minimum atomic E-state index is -5.08. The van der Waals surface area contributed by atoms with E-state index in [1.54, 1.807) is 0 Å². The molecular weight excluding hydrogens is 578 g/mol. The van der Waals surface area contributed by atoms with E-state index in [-0.39, 0.29) is 0 Å². The number of likely N-dealkylation sites (tertiary alicyclic amines) is 1. The summed E-state index contributed by atoms with van der Waals surface area (Å²) in [4.78, 5) is 31.9. The Balaban J connectivity index is 0.000000289. The summed E-state index contributed by atoms with van der Waals surface area (Å²) in [6, 6.07) is 10.4. The van der Waals surface area contributed by atoms with Crippen LogP contribution in [0, 0.1) is 0 Å². The van der Waals surface area contributed by atoms with E-state index >= 15 is 0 Å². The number of hydrogen-bond acceptors (Lipinski definition) is 8. The van der Waals surface area contributed by atoms with Crippen molar-refractivity contribution >= 4 is 23.3 Å². The number of hydrogen-bond donors (Lipinski definition) is 2. The lowest BCUT2D eigenvalue weighted by Crippen LogP contribution is -2.36. The fourth-order valence-corrected chi connectivity index (χ4v) is 4.14. The van der Waals surface area contributed by atoms with Gasteiger partial charge in [0.05, 0.1) is 30.8 Å². The molecule has 0 unspecified atom stereocenters. The van der Waals surface area contributed by atoms with Gasteiger partial charge in [-0.1, -0.05) is 6.07 Å². The quantitative estimate of drug-likeness (QED) is 0.425. The summed E-state index contributed by atoms with van der Waals surface area (Å²) in [7, 11) is 0. The molecule has 0 amide bonds. The molecular formula is C25H28F6N6O5. The number of nitrogens with zero attached hydrogens (tertiary/aromatic N) is 6. The molecule has 2 saturated heterocycles. The topological polar surface area (TPSA) is 133 Å². The third-order valence-electron chi connectivity index (χ3n) is 6.26. The number of alkyl halides is 6. The van der Waals surface area contributed by atoms with Crippen LogP contribution in [0.5, 0.6) is 0 Å². The molecule has 2 N–H and O–H groups in total. The molecule has 0 aromatic carbocycles. The zero-order chi connectivity index (χ0) is 30.9. The van der Waals surface area contributed by atoms with Gasteiger partial charge in [-0.3, -0.25) is 9.88 Å². The van der Waals surface area contributed by atoms with Crippen LogP contribution in [0.25, 0.3) is 5.65 Å². The number of piperidine rings is 1. The van der Waals surface area contributed by atoms with Gasteiger partial charge in [0, 0.05) is 31.7 Å². The molecule has 17 heteroatoms. The Bertz CT molecular complexity index is 1280. The number of pyridine rings is 2. The first kappa shape index (κ1) is 32.5. The lowest BCUT2D eigenvalue weighted by atomic mass is 9.96. The normalized spacial score (nSPS) is 16.7. The first-order valence-electron chi connectivity index (χ1n) is 12.7. The van der Waals surface area contributed by atoms with Gasteiger partial charge in [0.15, 0.2) is 11.5 Å². The van der Waals surface area contributed by atoms with Gasteiger partial charge in [0.1, 0.15) is 0 Å². The molecule has 0 bridgehead atoms. The van der Waals surface area contributed by atoms with Crippen LogP contribution in [0.3, 0.4) is 0 Å². The van der Waals surface area contributed by atoms with Gasteiger partial charge in [0.25, 0.3) is 0 Å². The van der Waals surface area contributed by atoms with Crippen LogP contribution in [0.2, 0.25) is 0 Å². The number of rotatable bonds is 4. The average molecular weight is 607 g/mol. The summed E-state index contributed by atoms with van der Waals surface area (Å²) >= 11 is 0. The minimum absolute atomic E-state index is 0.437. The molecule has 0 radical (unpaired) electrons. The van der Waals surface area contributed by atoms with Gasteiger partial charge >= 0.3 is 24.3 Å². The lowest BCUT2D eigenvalue weighted by Gasteiger charge is -2.30. The Morgan fingerprint density at radius 3 is 2.02 bits per heavy atom. The highest BCUT2D eigenvalue weighted by atomic mass is 19.4. The Hall–Kier alpha value is -3.99. The molecule has 3 aromatic heterocycles. The Morgan fingerprint density at radius 1 is 0.905 bits per heavy atom.